The Morgan fingerprint density at radius 3 is 2.00 bits per heavy atom. The van der Waals surface area contributed by atoms with Crippen molar-refractivity contribution in [3.05, 3.63) is 52.0 Å². The van der Waals surface area contributed by atoms with Crippen molar-refractivity contribution in [3.8, 4) is 0 Å². The highest BCUT2D eigenvalue weighted by molar-refractivity contribution is 14.1. The SMILES string of the molecule is COC[C@H](NC(=O)c1cnc(C)s1)C(=O)N[C@@H](COC)C(=O)N[C@@H](Cc1ccccc1)C(=O)[C@@](C)(CI)OC(=O)C(N)C(C)C. The number of halogens is 1. The zero-order chi connectivity index (χ0) is 33.7. The number of carbonyl (C=O) groups is 5. The molecule has 0 radical (unpaired) electrons. The molecule has 1 aromatic carbocycles. The fourth-order valence-corrected chi connectivity index (χ4v) is 5.29. The summed E-state index contributed by atoms with van der Waals surface area (Å²) >= 11 is 3.11. The number of rotatable bonds is 18. The molecule has 13 nitrogen and oxygen atoms in total. The van der Waals surface area contributed by atoms with Gasteiger partial charge in [0.05, 0.1) is 30.5 Å². The first-order valence-electron chi connectivity index (χ1n) is 14.2. The summed E-state index contributed by atoms with van der Waals surface area (Å²) in [6.45, 7) is 6.34. The van der Waals surface area contributed by atoms with Crippen LogP contribution in [0, 0.1) is 12.8 Å². The van der Waals surface area contributed by atoms with Crippen molar-refractivity contribution < 1.29 is 38.2 Å². The minimum Gasteiger partial charge on any atom is -0.449 e. The summed E-state index contributed by atoms with van der Waals surface area (Å²) < 4.78 is 16.1. The summed E-state index contributed by atoms with van der Waals surface area (Å²) in [7, 11) is 2.72. The van der Waals surface area contributed by atoms with Crippen LogP contribution in [0.15, 0.2) is 36.5 Å². The maximum absolute atomic E-state index is 14.0. The Bertz CT molecular complexity index is 1310. The molecule has 0 aliphatic carbocycles. The number of esters is 1. The van der Waals surface area contributed by atoms with Crippen LogP contribution in [0.5, 0.6) is 0 Å². The Morgan fingerprint density at radius 2 is 1.51 bits per heavy atom. The molecule has 1 aromatic heterocycles. The second kappa shape index (κ2) is 18.2. The fourth-order valence-electron chi connectivity index (χ4n) is 4.07. The van der Waals surface area contributed by atoms with Gasteiger partial charge >= 0.3 is 5.97 Å². The van der Waals surface area contributed by atoms with E-state index >= 15 is 0 Å². The van der Waals surface area contributed by atoms with E-state index in [1.54, 1.807) is 45.0 Å². The lowest BCUT2D eigenvalue weighted by Gasteiger charge is -2.32. The van der Waals surface area contributed by atoms with Gasteiger partial charge in [0, 0.05) is 18.6 Å². The van der Waals surface area contributed by atoms with E-state index < -0.39 is 59.2 Å². The topological polar surface area (TPSA) is 188 Å². The predicted octanol–water partition coefficient (Wildman–Crippen LogP) is 1.34. The van der Waals surface area contributed by atoms with Gasteiger partial charge in [-0.25, -0.2) is 4.98 Å². The van der Waals surface area contributed by atoms with Gasteiger partial charge in [0.15, 0.2) is 11.4 Å². The number of ketones is 1. The normalized spacial score (nSPS) is 15.2. The van der Waals surface area contributed by atoms with Crippen LogP contribution in [0.25, 0.3) is 0 Å². The first kappa shape index (κ1) is 38.2. The lowest BCUT2D eigenvalue weighted by Crippen LogP contribution is -2.60. The number of alkyl halides is 1. The molecule has 0 spiro atoms. The van der Waals surface area contributed by atoms with Crippen molar-refractivity contribution in [2.24, 2.45) is 11.7 Å². The molecule has 0 fully saturated rings. The number of benzene rings is 1. The number of nitrogens with one attached hydrogen (secondary N) is 3. The third-order valence-corrected chi connectivity index (χ3v) is 9.14. The third kappa shape index (κ3) is 11.4. The minimum atomic E-state index is -1.61. The Kier molecular flexibility index (Phi) is 15.5. The smallest absolute Gasteiger partial charge is 0.324 e. The maximum atomic E-state index is 14.0. The van der Waals surface area contributed by atoms with Gasteiger partial charge < -0.3 is 35.9 Å². The Labute approximate surface area is 280 Å². The van der Waals surface area contributed by atoms with Crippen LogP contribution in [0.4, 0.5) is 0 Å². The molecule has 2 aromatic rings. The molecule has 248 valence electrons. The van der Waals surface area contributed by atoms with Gasteiger partial charge in [-0.1, -0.05) is 66.8 Å². The molecule has 45 heavy (non-hydrogen) atoms. The number of hydrogen-bond donors (Lipinski definition) is 4. The van der Waals surface area contributed by atoms with Gasteiger partial charge in [-0.15, -0.1) is 11.3 Å². The van der Waals surface area contributed by atoms with Gasteiger partial charge in [0.1, 0.15) is 23.0 Å². The predicted molar refractivity (Wildman–Crippen MR) is 177 cm³/mol. The number of nitrogens with two attached hydrogens (primary N) is 1. The number of methoxy groups -OCH3 is 2. The van der Waals surface area contributed by atoms with E-state index in [0.29, 0.717) is 9.88 Å². The van der Waals surface area contributed by atoms with Gasteiger partial charge in [0.25, 0.3) is 5.91 Å². The highest BCUT2D eigenvalue weighted by Gasteiger charge is 2.43. The average molecular weight is 760 g/mol. The average Bonchev–Trinajstić information content (AvgIpc) is 3.45. The number of amides is 3. The van der Waals surface area contributed by atoms with E-state index in [1.165, 1.54) is 27.3 Å². The van der Waals surface area contributed by atoms with E-state index in [-0.39, 0.29) is 30.0 Å². The van der Waals surface area contributed by atoms with Gasteiger partial charge in [0.2, 0.25) is 11.8 Å². The van der Waals surface area contributed by atoms with Crippen LogP contribution >= 0.6 is 33.9 Å². The largest absolute Gasteiger partial charge is 0.449 e. The Morgan fingerprint density at radius 1 is 0.956 bits per heavy atom. The van der Waals surface area contributed by atoms with Crippen molar-refractivity contribution in [3.63, 3.8) is 0 Å². The molecular weight excluding hydrogens is 717 g/mol. The summed E-state index contributed by atoms with van der Waals surface area (Å²) in [6, 6.07) is 4.51. The molecule has 15 heteroatoms. The van der Waals surface area contributed by atoms with E-state index in [0.717, 1.165) is 16.9 Å². The first-order valence-corrected chi connectivity index (χ1v) is 16.5. The number of nitrogens with zero attached hydrogens (tertiary/aromatic N) is 1. The number of ether oxygens (including phenoxy) is 3. The molecule has 5 N–H and O–H groups in total. The lowest BCUT2D eigenvalue weighted by atomic mass is 9.91. The number of thiazole rings is 1. The van der Waals surface area contributed by atoms with E-state index in [1.807, 2.05) is 28.7 Å². The van der Waals surface area contributed by atoms with E-state index in [4.69, 9.17) is 19.9 Å². The zero-order valence-electron chi connectivity index (χ0n) is 26.3. The first-order chi connectivity index (χ1) is 21.3. The number of aromatic nitrogens is 1. The summed E-state index contributed by atoms with van der Waals surface area (Å²) in [6.07, 6.45) is 1.48. The highest BCUT2D eigenvalue weighted by Crippen LogP contribution is 2.22. The second-order valence-corrected chi connectivity index (χ2v) is 12.9. The number of carbonyl (C=O) groups excluding carboxylic acids is 5. The quantitative estimate of drug-likeness (QED) is 0.0982. The van der Waals surface area contributed by atoms with Crippen molar-refractivity contribution in [1.29, 1.82) is 0 Å². The van der Waals surface area contributed by atoms with Crippen molar-refractivity contribution in [2.45, 2.75) is 63.9 Å². The maximum Gasteiger partial charge on any atom is 0.324 e. The zero-order valence-corrected chi connectivity index (χ0v) is 29.2. The van der Waals surface area contributed by atoms with Crippen LogP contribution in [0.1, 0.15) is 41.0 Å². The molecule has 3 amide bonds. The molecular formula is C30H42IN5O8S. The number of aryl methyl sites for hydroxylation is 1. The summed E-state index contributed by atoms with van der Waals surface area (Å²) in [5, 5.41) is 8.59. The van der Waals surface area contributed by atoms with Crippen LogP contribution in [-0.4, -0.2) is 96.1 Å². The number of hydrogen-bond acceptors (Lipinski definition) is 11. The summed E-state index contributed by atoms with van der Waals surface area (Å²) in [5.74, 6) is -3.45. The second-order valence-electron chi connectivity index (χ2n) is 10.9. The molecule has 0 aliphatic heterocycles. The minimum absolute atomic E-state index is 0.0791. The van der Waals surface area contributed by atoms with Crippen LogP contribution in [-0.2, 0) is 39.8 Å². The fraction of sp³-hybridized carbons (Fsp3) is 0.533. The Balaban J connectivity index is 2.30. The van der Waals surface area contributed by atoms with Crippen molar-refractivity contribution >= 4 is 63.4 Å². The standard InChI is InChI=1S/C30H42IN5O8S/c1-17(2)24(32)29(41)44-30(4,16-31)25(37)20(12-19-10-8-7-9-11-19)34-26(38)21(14-42-5)35-27(39)22(15-43-6)36-28(40)23-13-33-18(3)45-23/h7-11,13,17,20-22,24H,12,14-16,32H2,1-6H3,(H,34,38)(H,35,39)(H,36,40)/t20-,21-,22-,24?,30+/m0/s1. The van der Waals surface area contributed by atoms with Crippen LogP contribution < -0.4 is 21.7 Å². The summed E-state index contributed by atoms with van der Waals surface area (Å²) in [4.78, 5) is 70.7. The Hall–Kier alpha value is -2.99. The van der Waals surface area contributed by atoms with Gasteiger partial charge in [-0.05, 0) is 31.7 Å². The molecule has 2 rings (SSSR count). The van der Waals surface area contributed by atoms with Crippen LogP contribution in [0.3, 0.4) is 0 Å². The van der Waals surface area contributed by atoms with Crippen molar-refractivity contribution in [1.82, 2.24) is 20.9 Å². The molecule has 1 heterocycles. The van der Waals surface area contributed by atoms with E-state index in [2.05, 4.69) is 20.9 Å². The molecule has 1 unspecified atom stereocenters. The lowest BCUT2D eigenvalue weighted by molar-refractivity contribution is -0.166. The summed E-state index contributed by atoms with van der Waals surface area (Å²) in [5.41, 5.74) is 5.11. The highest BCUT2D eigenvalue weighted by atomic mass is 127. The molecule has 0 aliphatic rings. The van der Waals surface area contributed by atoms with E-state index in [9.17, 15) is 24.0 Å². The monoisotopic (exact) mass is 759 g/mol. The molecule has 0 saturated heterocycles. The van der Waals surface area contributed by atoms with Crippen molar-refractivity contribution in [2.75, 3.05) is 31.9 Å². The molecule has 5 atom stereocenters. The van der Waals surface area contributed by atoms with Gasteiger partial charge in [-0.2, -0.15) is 0 Å². The molecule has 0 saturated carbocycles. The third-order valence-electron chi connectivity index (χ3n) is 6.77. The number of Topliss-reactive ketones (excluding diaryl/α,β-unsaturated/α-hetero) is 1. The van der Waals surface area contributed by atoms with Gasteiger partial charge in [-0.3, -0.25) is 24.0 Å². The molecule has 0 bridgehead atoms. The van der Waals surface area contributed by atoms with Crippen LogP contribution in [0.2, 0.25) is 0 Å².